The Bertz CT molecular complexity index is 621. The van der Waals surface area contributed by atoms with Gasteiger partial charge in [0.15, 0.2) is 5.69 Å². The molecule has 102 valence electrons. The molecule has 19 heavy (non-hydrogen) atoms. The number of alkyl halides is 3. The van der Waals surface area contributed by atoms with E-state index in [2.05, 4.69) is 10.1 Å². The van der Waals surface area contributed by atoms with Crippen molar-refractivity contribution in [2.45, 2.75) is 25.4 Å². The smallest absolute Gasteiger partial charge is 0.435 e. The van der Waals surface area contributed by atoms with E-state index in [9.17, 15) is 18.0 Å². The molecule has 2 heterocycles. The highest BCUT2D eigenvalue weighted by atomic mass is 19.4. The van der Waals surface area contributed by atoms with E-state index in [1.54, 1.807) is 6.92 Å². The Morgan fingerprint density at radius 1 is 1.53 bits per heavy atom. The summed E-state index contributed by atoms with van der Waals surface area (Å²) in [5, 5.41) is 12.4. The first kappa shape index (κ1) is 13.3. The number of hydrogen-bond acceptors (Lipinski definition) is 3. The number of fused-ring (bicyclic) bond motifs is 1. The van der Waals surface area contributed by atoms with E-state index < -0.39 is 23.8 Å². The maximum absolute atomic E-state index is 12.6. The van der Waals surface area contributed by atoms with Gasteiger partial charge in [-0.05, 0) is 12.5 Å². The zero-order valence-electron chi connectivity index (χ0n) is 9.85. The van der Waals surface area contributed by atoms with Gasteiger partial charge in [-0.25, -0.2) is 4.52 Å². The van der Waals surface area contributed by atoms with Crippen molar-refractivity contribution in [1.29, 1.82) is 0 Å². The van der Waals surface area contributed by atoms with Crippen LogP contribution < -0.4 is 0 Å². The molecule has 0 amide bonds. The molecule has 1 N–H and O–H groups in total. The molecule has 0 saturated carbocycles. The van der Waals surface area contributed by atoms with Gasteiger partial charge in [-0.2, -0.15) is 18.3 Å². The molecule has 1 unspecified atom stereocenters. The largest absolute Gasteiger partial charge is 0.481 e. The van der Waals surface area contributed by atoms with Crippen LogP contribution in [0.15, 0.2) is 18.5 Å². The van der Waals surface area contributed by atoms with Gasteiger partial charge in [0.1, 0.15) is 5.92 Å². The third-order valence-electron chi connectivity index (χ3n) is 2.75. The van der Waals surface area contributed by atoms with Crippen molar-refractivity contribution < 1.29 is 23.1 Å². The standard InChI is InChI=1S/C11H10F3N3O2/c1-2-6(10(18)19)9-7-5-8(11(12,13)14)16-17(7)4-3-15-9/h3-6H,2H2,1H3,(H,18,19). The van der Waals surface area contributed by atoms with Crippen LogP contribution in [0.5, 0.6) is 0 Å². The van der Waals surface area contributed by atoms with Crippen LogP contribution in [0.2, 0.25) is 0 Å². The Morgan fingerprint density at radius 2 is 2.21 bits per heavy atom. The van der Waals surface area contributed by atoms with Gasteiger partial charge in [-0.3, -0.25) is 9.78 Å². The molecule has 2 rings (SSSR count). The molecule has 0 bridgehead atoms. The van der Waals surface area contributed by atoms with Crippen LogP contribution in [0.3, 0.4) is 0 Å². The van der Waals surface area contributed by atoms with Crippen LogP contribution in [0.1, 0.15) is 30.7 Å². The fourth-order valence-corrected chi connectivity index (χ4v) is 1.83. The Morgan fingerprint density at radius 3 is 2.74 bits per heavy atom. The number of aliphatic carboxylic acids is 1. The Labute approximate surface area is 105 Å². The summed E-state index contributed by atoms with van der Waals surface area (Å²) in [7, 11) is 0. The van der Waals surface area contributed by atoms with Gasteiger partial charge in [-0.1, -0.05) is 6.92 Å². The van der Waals surface area contributed by atoms with E-state index in [1.807, 2.05) is 0 Å². The van der Waals surface area contributed by atoms with Crippen LogP contribution in [-0.4, -0.2) is 25.7 Å². The van der Waals surface area contributed by atoms with Crippen molar-refractivity contribution in [3.05, 3.63) is 29.8 Å². The molecule has 0 aromatic carbocycles. The number of halogens is 3. The highest BCUT2D eigenvalue weighted by molar-refractivity contribution is 5.78. The van der Waals surface area contributed by atoms with Crippen LogP contribution in [0.25, 0.3) is 5.52 Å². The lowest BCUT2D eigenvalue weighted by molar-refractivity contribution is -0.141. The average molecular weight is 273 g/mol. The molecule has 0 aliphatic carbocycles. The fraction of sp³-hybridized carbons (Fsp3) is 0.364. The summed E-state index contributed by atoms with van der Waals surface area (Å²) < 4.78 is 38.8. The molecule has 0 fully saturated rings. The molecular formula is C11H10F3N3O2. The minimum absolute atomic E-state index is 0.0593. The van der Waals surface area contributed by atoms with Crippen molar-refractivity contribution in [1.82, 2.24) is 14.6 Å². The molecular weight excluding hydrogens is 263 g/mol. The Kier molecular flexibility index (Phi) is 3.17. The van der Waals surface area contributed by atoms with Crippen LogP contribution in [-0.2, 0) is 11.0 Å². The quantitative estimate of drug-likeness (QED) is 0.931. The van der Waals surface area contributed by atoms with E-state index in [-0.39, 0.29) is 17.6 Å². The zero-order chi connectivity index (χ0) is 14.2. The van der Waals surface area contributed by atoms with E-state index >= 15 is 0 Å². The van der Waals surface area contributed by atoms with Gasteiger partial charge in [0, 0.05) is 12.4 Å². The van der Waals surface area contributed by atoms with E-state index in [0.29, 0.717) is 0 Å². The van der Waals surface area contributed by atoms with Crippen molar-refractivity contribution in [3.63, 3.8) is 0 Å². The van der Waals surface area contributed by atoms with E-state index in [1.165, 1.54) is 12.4 Å². The van der Waals surface area contributed by atoms with Crippen molar-refractivity contribution in [3.8, 4) is 0 Å². The first-order chi connectivity index (χ1) is 8.84. The molecule has 5 nitrogen and oxygen atoms in total. The van der Waals surface area contributed by atoms with Crippen LogP contribution in [0.4, 0.5) is 13.2 Å². The van der Waals surface area contributed by atoms with Crippen molar-refractivity contribution in [2.24, 2.45) is 0 Å². The first-order valence-corrected chi connectivity index (χ1v) is 5.49. The van der Waals surface area contributed by atoms with E-state index in [4.69, 9.17) is 5.11 Å². The second-order valence-corrected chi connectivity index (χ2v) is 3.97. The molecule has 0 aliphatic heterocycles. The summed E-state index contributed by atoms with van der Waals surface area (Å²) >= 11 is 0. The van der Waals surface area contributed by atoms with Gasteiger partial charge in [0.05, 0.1) is 11.2 Å². The molecule has 2 aromatic rings. The minimum atomic E-state index is -4.58. The number of nitrogens with zero attached hydrogens (tertiary/aromatic N) is 3. The highest BCUT2D eigenvalue weighted by Crippen LogP contribution is 2.31. The number of carbonyl (C=O) groups is 1. The lowest BCUT2D eigenvalue weighted by atomic mass is 10.0. The molecule has 0 radical (unpaired) electrons. The summed E-state index contributed by atoms with van der Waals surface area (Å²) in [5.74, 6) is -2.08. The van der Waals surface area contributed by atoms with Gasteiger partial charge in [0.25, 0.3) is 0 Å². The predicted molar refractivity (Wildman–Crippen MR) is 58.7 cm³/mol. The van der Waals surface area contributed by atoms with Crippen LogP contribution >= 0.6 is 0 Å². The minimum Gasteiger partial charge on any atom is -0.481 e. The van der Waals surface area contributed by atoms with Crippen molar-refractivity contribution >= 4 is 11.5 Å². The summed E-state index contributed by atoms with van der Waals surface area (Å²) in [6, 6.07) is 0.813. The first-order valence-electron chi connectivity index (χ1n) is 5.49. The fourth-order valence-electron chi connectivity index (χ4n) is 1.83. The second-order valence-electron chi connectivity index (χ2n) is 3.97. The van der Waals surface area contributed by atoms with Crippen molar-refractivity contribution in [2.75, 3.05) is 0 Å². The molecule has 0 spiro atoms. The van der Waals surface area contributed by atoms with Gasteiger partial charge in [-0.15, -0.1) is 0 Å². The number of rotatable bonds is 3. The Hall–Kier alpha value is -2.12. The summed E-state index contributed by atoms with van der Waals surface area (Å²) in [4.78, 5) is 15.0. The van der Waals surface area contributed by atoms with Crippen LogP contribution in [0, 0.1) is 0 Å². The molecule has 8 heteroatoms. The number of hydrogen-bond donors (Lipinski definition) is 1. The zero-order valence-corrected chi connectivity index (χ0v) is 9.85. The topological polar surface area (TPSA) is 67.5 Å². The maximum Gasteiger partial charge on any atom is 0.435 e. The summed E-state index contributed by atoms with van der Waals surface area (Å²) in [5.41, 5.74) is -0.924. The Balaban J connectivity index is 2.63. The monoisotopic (exact) mass is 273 g/mol. The number of carboxylic acid groups (broad SMARTS) is 1. The lowest BCUT2D eigenvalue weighted by Gasteiger charge is -2.09. The normalized spacial score (nSPS) is 13.7. The predicted octanol–water partition coefficient (Wildman–Crippen LogP) is 2.33. The molecule has 0 saturated heterocycles. The summed E-state index contributed by atoms with van der Waals surface area (Å²) in [6.45, 7) is 1.63. The SMILES string of the molecule is CCC(C(=O)O)c1nccn2nc(C(F)(F)F)cc12. The summed E-state index contributed by atoms with van der Waals surface area (Å²) in [6.07, 6.45) is -1.85. The molecule has 0 aliphatic rings. The lowest BCUT2D eigenvalue weighted by Crippen LogP contribution is -2.13. The third-order valence-corrected chi connectivity index (χ3v) is 2.75. The van der Waals surface area contributed by atoms with Gasteiger partial charge >= 0.3 is 12.1 Å². The molecule has 2 aromatic heterocycles. The second kappa shape index (κ2) is 4.52. The maximum atomic E-state index is 12.6. The molecule has 1 atom stereocenters. The third kappa shape index (κ3) is 2.38. The number of carboxylic acids is 1. The average Bonchev–Trinajstić information content (AvgIpc) is 2.73. The van der Waals surface area contributed by atoms with E-state index in [0.717, 1.165) is 10.6 Å². The number of aromatic nitrogens is 3. The van der Waals surface area contributed by atoms with Gasteiger partial charge < -0.3 is 5.11 Å². The van der Waals surface area contributed by atoms with Gasteiger partial charge in [0.2, 0.25) is 0 Å². The highest BCUT2D eigenvalue weighted by Gasteiger charge is 2.35.